The first kappa shape index (κ1) is 38.8. The summed E-state index contributed by atoms with van der Waals surface area (Å²) >= 11 is 0. The molecule has 0 saturated heterocycles. The van der Waals surface area contributed by atoms with Crippen molar-refractivity contribution in [3.63, 3.8) is 0 Å². The minimum Gasteiger partial charge on any atom is -0.508 e. The number of carbonyl (C=O) groups is 4. The summed E-state index contributed by atoms with van der Waals surface area (Å²) in [5.74, 6) is -1.53. The van der Waals surface area contributed by atoms with Crippen LogP contribution in [-0.2, 0) is 20.9 Å². The van der Waals surface area contributed by atoms with Crippen molar-refractivity contribution in [2.75, 3.05) is 38.0 Å². The molecule has 0 fully saturated rings. The fourth-order valence-electron chi connectivity index (χ4n) is 4.92. The van der Waals surface area contributed by atoms with Gasteiger partial charge in [-0.15, -0.1) is 0 Å². The molecule has 0 unspecified atom stereocenters. The Hall–Kier alpha value is -5.63. The molecular formula is C36H49N9O5. The number of carbonyl (C=O) groups excluding carboxylic acids is 4. The van der Waals surface area contributed by atoms with Gasteiger partial charge in [0.1, 0.15) is 11.8 Å². The summed E-state index contributed by atoms with van der Waals surface area (Å²) in [7, 11) is 0. The number of anilines is 1. The third-order valence-corrected chi connectivity index (χ3v) is 7.61. The Bertz CT molecular complexity index is 1530. The molecule has 50 heavy (non-hydrogen) atoms. The maximum absolute atomic E-state index is 14.0. The average molecular weight is 688 g/mol. The Balaban J connectivity index is 1.69. The van der Waals surface area contributed by atoms with Crippen molar-refractivity contribution in [1.29, 1.82) is 0 Å². The SMILES string of the molecule is CCC(=O)NCCNC(=O)NC(N)=NCCC[C@@H](NC(=O)[C@H](c1ccccc1)c1ccc(NCCCN)cc1)C(=O)NCc1ccc(O)cc1. The number of amides is 5. The minimum atomic E-state index is -0.908. The Labute approximate surface area is 292 Å². The van der Waals surface area contributed by atoms with Crippen molar-refractivity contribution >= 4 is 35.4 Å². The molecule has 0 aliphatic rings. The van der Waals surface area contributed by atoms with Gasteiger partial charge in [0.15, 0.2) is 5.96 Å². The van der Waals surface area contributed by atoms with Crippen molar-refractivity contribution in [2.24, 2.45) is 16.5 Å². The second-order valence-electron chi connectivity index (χ2n) is 11.5. The van der Waals surface area contributed by atoms with Crippen molar-refractivity contribution in [1.82, 2.24) is 26.6 Å². The van der Waals surface area contributed by atoms with Gasteiger partial charge in [-0.1, -0.05) is 61.5 Å². The number of nitrogens with two attached hydrogens (primary N) is 2. The van der Waals surface area contributed by atoms with Gasteiger partial charge in [-0.25, -0.2) is 4.79 Å². The van der Waals surface area contributed by atoms with Crippen LogP contribution >= 0.6 is 0 Å². The summed E-state index contributed by atoms with van der Waals surface area (Å²) in [6.45, 7) is 3.92. The van der Waals surface area contributed by atoms with Crippen LogP contribution in [0.4, 0.5) is 10.5 Å². The molecule has 0 spiro atoms. The molecule has 3 aromatic rings. The van der Waals surface area contributed by atoms with E-state index in [1.54, 1.807) is 19.1 Å². The highest BCUT2D eigenvalue weighted by Crippen LogP contribution is 2.27. The van der Waals surface area contributed by atoms with E-state index in [2.05, 4.69) is 36.9 Å². The first-order valence-electron chi connectivity index (χ1n) is 16.8. The molecule has 268 valence electrons. The lowest BCUT2D eigenvalue weighted by Gasteiger charge is -2.23. The molecule has 11 N–H and O–H groups in total. The molecule has 0 aliphatic carbocycles. The first-order chi connectivity index (χ1) is 24.2. The zero-order valence-electron chi connectivity index (χ0n) is 28.4. The van der Waals surface area contributed by atoms with E-state index in [4.69, 9.17) is 11.5 Å². The number of aromatic hydroxyl groups is 1. The van der Waals surface area contributed by atoms with E-state index in [-0.39, 0.29) is 62.0 Å². The van der Waals surface area contributed by atoms with E-state index in [0.29, 0.717) is 19.4 Å². The fraction of sp³-hybridized carbons (Fsp3) is 0.361. The van der Waals surface area contributed by atoms with E-state index in [0.717, 1.165) is 35.3 Å². The molecule has 0 saturated carbocycles. The van der Waals surface area contributed by atoms with E-state index in [9.17, 15) is 24.3 Å². The lowest BCUT2D eigenvalue weighted by atomic mass is 9.90. The summed E-state index contributed by atoms with van der Waals surface area (Å²) in [6, 6.07) is 22.0. The number of benzene rings is 3. The summed E-state index contributed by atoms with van der Waals surface area (Å²) < 4.78 is 0. The number of phenolic OH excluding ortho intramolecular Hbond substituents is 1. The number of hydrogen-bond acceptors (Lipinski definition) is 8. The predicted molar refractivity (Wildman–Crippen MR) is 194 cm³/mol. The number of urea groups is 1. The van der Waals surface area contributed by atoms with Crippen LogP contribution in [0, 0.1) is 0 Å². The molecule has 14 heteroatoms. The van der Waals surface area contributed by atoms with Crippen molar-refractivity contribution in [3.8, 4) is 5.75 Å². The van der Waals surface area contributed by atoms with Gasteiger partial charge in [-0.3, -0.25) is 24.7 Å². The van der Waals surface area contributed by atoms with Gasteiger partial charge in [0.2, 0.25) is 17.7 Å². The number of nitrogens with zero attached hydrogens (tertiary/aromatic N) is 1. The van der Waals surface area contributed by atoms with Gasteiger partial charge in [-0.2, -0.15) is 0 Å². The lowest BCUT2D eigenvalue weighted by Crippen LogP contribution is -2.48. The molecule has 5 amide bonds. The third kappa shape index (κ3) is 13.8. The molecule has 0 heterocycles. The molecule has 3 rings (SSSR count). The zero-order valence-corrected chi connectivity index (χ0v) is 28.4. The van der Waals surface area contributed by atoms with Crippen molar-refractivity contribution < 1.29 is 24.3 Å². The quantitative estimate of drug-likeness (QED) is 0.0514. The van der Waals surface area contributed by atoms with Crippen LogP contribution in [-0.4, -0.2) is 73.6 Å². The molecule has 0 aliphatic heterocycles. The largest absolute Gasteiger partial charge is 0.508 e. The molecule has 3 aromatic carbocycles. The van der Waals surface area contributed by atoms with Crippen LogP contribution in [0.2, 0.25) is 0 Å². The van der Waals surface area contributed by atoms with Gasteiger partial charge in [0.05, 0.1) is 5.92 Å². The van der Waals surface area contributed by atoms with E-state index in [1.165, 1.54) is 12.1 Å². The highest BCUT2D eigenvalue weighted by atomic mass is 16.3. The van der Waals surface area contributed by atoms with Crippen LogP contribution in [0.1, 0.15) is 55.2 Å². The van der Waals surface area contributed by atoms with Gasteiger partial charge in [-0.05, 0) is 66.8 Å². The monoisotopic (exact) mass is 687 g/mol. The zero-order chi connectivity index (χ0) is 36.1. The molecule has 0 aromatic heterocycles. The number of nitrogens with one attached hydrogen (secondary N) is 6. The molecular weight excluding hydrogens is 638 g/mol. The highest BCUT2D eigenvalue weighted by molar-refractivity contribution is 5.95. The Kier molecular flexibility index (Phi) is 16.6. The van der Waals surface area contributed by atoms with E-state index in [1.807, 2.05) is 54.6 Å². The van der Waals surface area contributed by atoms with Gasteiger partial charge < -0.3 is 43.2 Å². The third-order valence-electron chi connectivity index (χ3n) is 7.61. The van der Waals surface area contributed by atoms with Gasteiger partial charge in [0.25, 0.3) is 0 Å². The van der Waals surface area contributed by atoms with Crippen LogP contribution in [0.25, 0.3) is 0 Å². The second-order valence-corrected chi connectivity index (χ2v) is 11.5. The summed E-state index contributed by atoms with van der Waals surface area (Å²) in [5.41, 5.74) is 14.7. The first-order valence-corrected chi connectivity index (χ1v) is 16.8. The highest BCUT2D eigenvalue weighted by Gasteiger charge is 2.28. The van der Waals surface area contributed by atoms with Crippen molar-refractivity contribution in [3.05, 3.63) is 95.6 Å². The number of aliphatic imine (C=N–C) groups is 1. The number of rotatable bonds is 19. The Morgan fingerprint density at radius 3 is 2.16 bits per heavy atom. The topological polar surface area (TPSA) is 225 Å². The average Bonchev–Trinajstić information content (AvgIpc) is 3.12. The van der Waals surface area contributed by atoms with Crippen LogP contribution in [0.5, 0.6) is 5.75 Å². The maximum atomic E-state index is 14.0. The van der Waals surface area contributed by atoms with E-state index < -0.39 is 18.0 Å². The second kappa shape index (κ2) is 21.4. The fourth-order valence-corrected chi connectivity index (χ4v) is 4.92. The molecule has 2 atom stereocenters. The van der Waals surface area contributed by atoms with Gasteiger partial charge in [0, 0.05) is 44.8 Å². The Morgan fingerprint density at radius 2 is 1.48 bits per heavy atom. The van der Waals surface area contributed by atoms with Crippen molar-refractivity contribution in [2.45, 2.75) is 51.1 Å². The minimum absolute atomic E-state index is 0.109. The van der Waals surface area contributed by atoms with E-state index >= 15 is 0 Å². The van der Waals surface area contributed by atoms with Gasteiger partial charge >= 0.3 is 6.03 Å². The van der Waals surface area contributed by atoms with Crippen LogP contribution < -0.4 is 43.4 Å². The standard InChI is InChI=1S/C36H49N9O5/c1-2-31(47)40-22-23-42-36(50)45-35(38)41-20-6-10-30(33(48)43-24-25-11-17-29(46)18-12-25)44-34(49)32(26-8-4-3-5-9-26)27-13-15-28(16-14-27)39-21-7-19-37/h3-5,8-9,11-18,30,32,39,46H,2,6-7,10,19-24,37H2,1H3,(H,40,47)(H,43,48)(H,44,49)(H4,38,41,42,45,50)/t30-,32-/m1/s1. The summed E-state index contributed by atoms with van der Waals surface area (Å²) in [5, 5.41) is 26.4. The number of hydrogen-bond donors (Lipinski definition) is 9. The molecule has 0 radical (unpaired) electrons. The predicted octanol–water partition coefficient (Wildman–Crippen LogP) is 2.01. The molecule has 14 nitrogen and oxygen atoms in total. The number of phenols is 1. The Morgan fingerprint density at radius 1 is 0.800 bits per heavy atom. The summed E-state index contributed by atoms with van der Waals surface area (Å²) in [6.07, 6.45) is 1.78. The van der Waals surface area contributed by atoms with Crippen LogP contribution in [0.15, 0.2) is 83.9 Å². The number of guanidine groups is 1. The lowest BCUT2D eigenvalue weighted by molar-refractivity contribution is -0.129. The van der Waals surface area contributed by atoms with Crippen LogP contribution in [0.3, 0.4) is 0 Å². The molecule has 0 bridgehead atoms. The smallest absolute Gasteiger partial charge is 0.321 e. The summed E-state index contributed by atoms with van der Waals surface area (Å²) in [4.78, 5) is 55.1. The maximum Gasteiger partial charge on any atom is 0.321 e. The normalized spacial score (nSPS) is 12.2.